The molecule has 0 radical (unpaired) electrons. The van der Waals surface area contributed by atoms with E-state index < -0.39 is 97.5 Å². The second kappa shape index (κ2) is 73.1. The highest BCUT2D eigenvalue weighted by Gasteiger charge is 2.30. The van der Waals surface area contributed by atoms with Crippen molar-refractivity contribution in [1.82, 2.24) is 0 Å². The summed E-state index contributed by atoms with van der Waals surface area (Å²) in [4.78, 5) is 73.1. The molecule has 5 atom stereocenters. The molecular weight excluding hydrogens is 1320 g/mol. The fourth-order valence-corrected chi connectivity index (χ4v) is 13.8. The standard InChI is InChI=1S/C82H156O17P2/c1-7-9-11-13-15-17-19-21-25-30-34-40-46-52-58-64-79(84)92-70-77(98-82(87)67-61-55-49-42-36-32-28-24-23-27-29-33-38-44-50-56-62-74(3)4)72-96-100(88,89)94-68-76(83)69-95-101(90,91)97-73-78(71-93-80(85)65-59-53-47-43-37-39-45-51-57-63-75(5)6)99-81(86)66-60-54-48-41-35-31-26-22-20-18-16-14-12-10-8-2/h17,19,21,25,74-78,83H,7-16,18,20,22-24,26-73H2,1-6H3,(H,88,89)(H,90,91)/b19-17-,25-21-/t76-,77-,78-/m1/s1. The summed E-state index contributed by atoms with van der Waals surface area (Å²) in [7, 11) is -9.93. The summed E-state index contributed by atoms with van der Waals surface area (Å²) in [6.07, 6.45) is 65.9. The molecule has 0 aliphatic carbocycles. The highest BCUT2D eigenvalue weighted by molar-refractivity contribution is 7.47. The number of hydrogen-bond acceptors (Lipinski definition) is 15. The summed E-state index contributed by atoms with van der Waals surface area (Å²) in [5.41, 5.74) is 0. The Kier molecular flexibility index (Phi) is 71.3. The van der Waals surface area contributed by atoms with Crippen LogP contribution in [0.4, 0.5) is 0 Å². The first kappa shape index (κ1) is 98.5. The summed E-state index contributed by atoms with van der Waals surface area (Å²) >= 11 is 0. The molecule has 0 bridgehead atoms. The van der Waals surface area contributed by atoms with Crippen LogP contribution in [0.15, 0.2) is 24.3 Å². The lowest BCUT2D eigenvalue weighted by molar-refractivity contribution is -0.161. The van der Waals surface area contributed by atoms with E-state index in [0.29, 0.717) is 25.7 Å². The first-order chi connectivity index (χ1) is 48.9. The predicted molar refractivity (Wildman–Crippen MR) is 414 cm³/mol. The molecule has 0 aromatic rings. The molecule has 0 saturated carbocycles. The van der Waals surface area contributed by atoms with Crippen LogP contribution in [0, 0.1) is 11.8 Å². The largest absolute Gasteiger partial charge is 0.472 e. The summed E-state index contributed by atoms with van der Waals surface area (Å²) in [6, 6.07) is 0. The smallest absolute Gasteiger partial charge is 0.462 e. The third kappa shape index (κ3) is 75.6. The number of aliphatic hydroxyl groups excluding tert-OH is 1. The zero-order chi connectivity index (χ0) is 74.2. The Labute approximate surface area is 618 Å². The Morgan fingerprint density at radius 2 is 0.535 bits per heavy atom. The maximum Gasteiger partial charge on any atom is 0.472 e. The van der Waals surface area contributed by atoms with Crippen molar-refractivity contribution in [2.45, 2.75) is 426 Å². The Morgan fingerprint density at radius 1 is 0.307 bits per heavy atom. The molecule has 2 unspecified atom stereocenters. The van der Waals surface area contributed by atoms with Gasteiger partial charge in [-0.3, -0.25) is 37.3 Å². The third-order valence-corrected chi connectivity index (χ3v) is 20.5. The number of phosphoric acid groups is 2. The van der Waals surface area contributed by atoms with E-state index in [1.165, 1.54) is 205 Å². The van der Waals surface area contributed by atoms with E-state index in [1.807, 2.05) is 0 Å². The van der Waals surface area contributed by atoms with Crippen molar-refractivity contribution in [1.29, 1.82) is 0 Å². The van der Waals surface area contributed by atoms with Crippen LogP contribution in [0.5, 0.6) is 0 Å². The van der Waals surface area contributed by atoms with Crippen molar-refractivity contribution < 1.29 is 80.2 Å². The summed E-state index contributed by atoms with van der Waals surface area (Å²) in [5.74, 6) is -0.587. The molecule has 596 valence electrons. The lowest BCUT2D eigenvalue weighted by Crippen LogP contribution is -2.30. The lowest BCUT2D eigenvalue weighted by atomic mass is 10.0. The van der Waals surface area contributed by atoms with E-state index in [0.717, 1.165) is 121 Å². The fourth-order valence-electron chi connectivity index (χ4n) is 12.2. The Balaban J connectivity index is 5.29. The van der Waals surface area contributed by atoms with Gasteiger partial charge in [0.15, 0.2) is 12.2 Å². The van der Waals surface area contributed by atoms with E-state index in [1.54, 1.807) is 0 Å². The molecule has 17 nitrogen and oxygen atoms in total. The second-order valence-corrected chi connectivity index (χ2v) is 32.7. The van der Waals surface area contributed by atoms with Gasteiger partial charge in [0.1, 0.15) is 19.3 Å². The lowest BCUT2D eigenvalue weighted by Gasteiger charge is -2.21. The van der Waals surface area contributed by atoms with Crippen LogP contribution in [0.1, 0.15) is 408 Å². The van der Waals surface area contributed by atoms with Crippen LogP contribution in [-0.2, 0) is 65.4 Å². The molecule has 0 rings (SSSR count). The van der Waals surface area contributed by atoms with Gasteiger partial charge in [-0.15, -0.1) is 0 Å². The van der Waals surface area contributed by atoms with Crippen molar-refractivity contribution in [2.75, 3.05) is 39.6 Å². The Morgan fingerprint density at radius 3 is 0.812 bits per heavy atom. The highest BCUT2D eigenvalue weighted by Crippen LogP contribution is 2.45. The summed E-state index contributed by atoms with van der Waals surface area (Å²) < 4.78 is 68.7. The quantitative estimate of drug-likeness (QED) is 0.0169. The van der Waals surface area contributed by atoms with Gasteiger partial charge in [0.2, 0.25) is 0 Å². The first-order valence-electron chi connectivity index (χ1n) is 41.8. The van der Waals surface area contributed by atoms with Crippen molar-refractivity contribution in [3.63, 3.8) is 0 Å². The molecule has 19 heteroatoms. The summed E-state index contributed by atoms with van der Waals surface area (Å²) in [6.45, 7) is 9.59. The molecule has 0 heterocycles. The van der Waals surface area contributed by atoms with Crippen molar-refractivity contribution in [3.8, 4) is 0 Å². The van der Waals surface area contributed by atoms with Crippen LogP contribution >= 0.6 is 15.6 Å². The van der Waals surface area contributed by atoms with Gasteiger partial charge in [-0.05, 0) is 63.2 Å². The van der Waals surface area contributed by atoms with Crippen LogP contribution in [0.2, 0.25) is 0 Å². The molecular formula is C82H156O17P2. The van der Waals surface area contributed by atoms with Gasteiger partial charge >= 0.3 is 39.5 Å². The number of rotatable bonds is 79. The monoisotopic (exact) mass is 1480 g/mol. The predicted octanol–water partition coefficient (Wildman–Crippen LogP) is 24.2. The highest BCUT2D eigenvalue weighted by atomic mass is 31.2. The number of allylic oxidation sites excluding steroid dienone is 4. The minimum atomic E-state index is -4.97. The van der Waals surface area contributed by atoms with Crippen molar-refractivity contribution in [3.05, 3.63) is 24.3 Å². The normalized spacial score (nSPS) is 14.0. The van der Waals surface area contributed by atoms with Gasteiger partial charge in [0.25, 0.3) is 0 Å². The second-order valence-electron chi connectivity index (χ2n) is 29.8. The molecule has 0 saturated heterocycles. The third-order valence-electron chi connectivity index (χ3n) is 18.6. The molecule has 3 N–H and O–H groups in total. The number of unbranched alkanes of at least 4 members (excludes halogenated alkanes) is 46. The Hall–Kier alpha value is -2.46. The minimum Gasteiger partial charge on any atom is -0.462 e. The van der Waals surface area contributed by atoms with Gasteiger partial charge in [-0.1, -0.05) is 355 Å². The molecule has 0 aromatic heterocycles. The van der Waals surface area contributed by atoms with E-state index in [-0.39, 0.29) is 25.7 Å². The maximum atomic E-state index is 13.1. The number of phosphoric ester groups is 2. The molecule has 0 fully saturated rings. The number of carbonyl (C=O) groups is 4. The van der Waals surface area contributed by atoms with Gasteiger partial charge in [0, 0.05) is 25.7 Å². The molecule has 0 spiro atoms. The average molecular weight is 1480 g/mol. The zero-order valence-electron chi connectivity index (χ0n) is 65.7. The maximum absolute atomic E-state index is 13.1. The van der Waals surface area contributed by atoms with E-state index >= 15 is 0 Å². The van der Waals surface area contributed by atoms with Gasteiger partial charge in [0.05, 0.1) is 26.4 Å². The Bertz CT molecular complexity index is 2040. The number of aliphatic hydroxyl groups is 1. The minimum absolute atomic E-state index is 0.101. The summed E-state index contributed by atoms with van der Waals surface area (Å²) in [5, 5.41) is 10.6. The van der Waals surface area contributed by atoms with Gasteiger partial charge < -0.3 is 33.8 Å². The molecule has 0 aliphatic rings. The van der Waals surface area contributed by atoms with Crippen LogP contribution < -0.4 is 0 Å². The molecule has 0 aliphatic heterocycles. The number of hydrogen-bond donors (Lipinski definition) is 3. The average Bonchev–Trinajstić information content (AvgIpc) is 0.924. The number of carbonyl (C=O) groups excluding carboxylic acids is 4. The van der Waals surface area contributed by atoms with Gasteiger partial charge in [-0.25, -0.2) is 9.13 Å². The van der Waals surface area contributed by atoms with Crippen LogP contribution in [0.25, 0.3) is 0 Å². The van der Waals surface area contributed by atoms with E-state index in [9.17, 15) is 43.2 Å². The molecule has 0 amide bonds. The molecule has 101 heavy (non-hydrogen) atoms. The van der Waals surface area contributed by atoms with Crippen LogP contribution in [-0.4, -0.2) is 96.7 Å². The van der Waals surface area contributed by atoms with E-state index in [4.69, 9.17) is 37.0 Å². The van der Waals surface area contributed by atoms with E-state index in [2.05, 4.69) is 65.8 Å². The van der Waals surface area contributed by atoms with Gasteiger partial charge in [-0.2, -0.15) is 0 Å². The SMILES string of the molecule is CCCCCC/C=C\C=C/CCCCCCCC(=O)OC[C@H](COP(=O)(O)OC[C@@H](O)COP(=O)(O)OC[C@@H](COC(=O)CCCCCCCCCCCC(C)C)OC(=O)CCCCCCCCCCCCCCCCC)OC(=O)CCCCCCCCCCCCCCCCCCC(C)C. The number of ether oxygens (including phenoxy) is 4. The number of esters is 4. The van der Waals surface area contributed by atoms with Crippen molar-refractivity contribution >= 4 is 39.5 Å². The van der Waals surface area contributed by atoms with Crippen molar-refractivity contribution in [2.24, 2.45) is 11.8 Å². The first-order valence-corrected chi connectivity index (χ1v) is 44.8. The zero-order valence-corrected chi connectivity index (χ0v) is 67.5. The van der Waals surface area contributed by atoms with Crippen LogP contribution in [0.3, 0.4) is 0 Å². The fraction of sp³-hybridized carbons (Fsp3) is 0.902. The molecule has 0 aromatic carbocycles. The topological polar surface area (TPSA) is 237 Å².